The van der Waals surface area contributed by atoms with Gasteiger partial charge in [-0.2, -0.15) is 4.31 Å². The van der Waals surface area contributed by atoms with Gasteiger partial charge in [-0.05, 0) is 62.7 Å². The van der Waals surface area contributed by atoms with E-state index in [0.717, 1.165) is 13.1 Å². The molecule has 2 heterocycles. The molecule has 0 bridgehead atoms. The molecule has 2 aliphatic heterocycles. The summed E-state index contributed by atoms with van der Waals surface area (Å²) >= 11 is 0. The summed E-state index contributed by atoms with van der Waals surface area (Å²) in [5, 5.41) is 3.28. The predicted molar refractivity (Wildman–Crippen MR) is 93.3 cm³/mol. The molecule has 136 valence electrons. The molecule has 3 rings (SSSR count). The molecule has 2 aliphatic rings. The molecule has 2 fully saturated rings. The monoisotopic (exact) mass is 395 g/mol. The number of halogens is 1. The van der Waals surface area contributed by atoms with Crippen LogP contribution < -0.4 is 10.0 Å². The fraction of sp³-hybridized carbons (Fsp3) is 0.571. The van der Waals surface area contributed by atoms with Crippen LogP contribution in [0.15, 0.2) is 28.0 Å². The Bertz CT molecular complexity index is 814. The van der Waals surface area contributed by atoms with Crippen molar-refractivity contribution in [1.29, 1.82) is 0 Å². The summed E-state index contributed by atoms with van der Waals surface area (Å²) in [6, 6.07) is 4.16. The number of benzene rings is 1. The highest BCUT2D eigenvalue weighted by molar-refractivity contribution is 7.89. The zero-order chi connectivity index (χ0) is 16.8. The van der Waals surface area contributed by atoms with E-state index in [-0.39, 0.29) is 22.2 Å². The maximum absolute atomic E-state index is 12.8. The third-order valence-corrected chi connectivity index (χ3v) is 8.10. The van der Waals surface area contributed by atoms with Gasteiger partial charge in [0.2, 0.25) is 20.0 Å². The van der Waals surface area contributed by atoms with Gasteiger partial charge in [-0.25, -0.2) is 21.6 Å². The first-order chi connectivity index (χ1) is 10.8. The van der Waals surface area contributed by atoms with Crippen molar-refractivity contribution in [3.05, 3.63) is 23.8 Å². The molecular weight excluding hydrogens is 374 g/mol. The van der Waals surface area contributed by atoms with Crippen molar-refractivity contribution in [2.45, 2.75) is 16.7 Å². The molecule has 0 saturated carbocycles. The van der Waals surface area contributed by atoms with E-state index in [1.165, 1.54) is 29.6 Å². The molecular formula is C14H22ClN3O4S2. The van der Waals surface area contributed by atoms with Crippen molar-refractivity contribution >= 4 is 32.5 Å². The average Bonchev–Trinajstić information content (AvgIpc) is 3.08. The molecule has 7 nitrogen and oxygen atoms in total. The molecule has 2 N–H and O–H groups in total. The fourth-order valence-electron chi connectivity index (χ4n) is 3.35. The SMILES string of the molecule is CNS(=O)(=O)c1ccc(S(=O)(=O)N2C[C@H]3CNC[C@H]3C2)cc1C.Cl. The lowest BCUT2D eigenvalue weighted by atomic mass is 10.0. The molecule has 10 heteroatoms. The van der Waals surface area contributed by atoms with E-state index in [2.05, 4.69) is 10.0 Å². The summed E-state index contributed by atoms with van der Waals surface area (Å²) in [4.78, 5) is 0.249. The van der Waals surface area contributed by atoms with Gasteiger partial charge in [0, 0.05) is 13.1 Å². The van der Waals surface area contributed by atoms with Crippen LogP contribution in [0.1, 0.15) is 5.56 Å². The minimum Gasteiger partial charge on any atom is -0.316 e. The molecule has 2 atom stereocenters. The zero-order valence-electron chi connectivity index (χ0n) is 13.5. The second-order valence-electron chi connectivity index (χ2n) is 6.14. The number of hydrogen-bond donors (Lipinski definition) is 2. The Labute approximate surface area is 149 Å². The number of nitrogens with one attached hydrogen (secondary N) is 2. The maximum atomic E-state index is 12.8. The van der Waals surface area contributed by atoms with E-state index in [0.29, 0.717) is 30.5 Å². The summed E-state index contributed by atoms with van der Waals surface area (Å²) in [5.41, 5.74) is 0.418. The van der Waals surface area contributed by atoms with Gasteiger partial charge in [0.25, 0.3) is 0 Å². The summed E-state index contributed by atoms with van der Waals surface area (Å²) in [5.74, 6) is 0.740. The summed E-state index contributed by atoms with van der Waals surface area (Å²) in [7, 11) is -5.84. The quantitative estimate of drug-likeness (QED) is 0.757. The van der Waals surface area contributed by atoms with Crippen LogP contribution >= 0.6 is 12.4 Å². The first-order valence-electron chi connectivity index (χ1n) is 7.51. The van der Waals surface area contributed by atoms with E-state index in [1.54, 1.807) is 6.92 Å². The fourth-order valence-corrected chi connectivity index (χ4v) is 5.94. The van der Waals surface area contributed by atoms with Crippen LogP contribution in [-0.4, -0.2) is 54.4 Å². The molecule has 0 unspecified atom stereocenters. The van der Waals surface area contributed by atoms with Crippen LogP contribution in [0, 0.1) is 18.8 Å². The Hall–Kier alpha value is -0.710. The van der Waals surface area contributed by atoms with Gasteiger partial charge in [0.1, 0.15) is 0 Å². The average molecular weight is 396 g/mol. The Morgan fingerprint density at radius 2 is 1.71 bits per heavy atom. The Kier molecular flexibility index (Phi) is 5.63. The zero-order valence-corrected chi connectivity index (χ0v) is 16.0. The van der Waals surface area contributed by atoms with Crippen molar-refractivity contribution in [1.82, 2.24) is 14.3 Å². The molecule has 1 aromatic carbocycles. The lowest BCUT2D eigenvalue weighted by Crippen LogP contribution is -2.32. The third kappa shape index (κ3) is 3.33. The highest BCUT2D eigenvalue weighted by Crippen LogP contribution is 2.31. The van der Waals surface area contributed by atoms with E-state index in [1.807, 2.05) is 0 Å². The normalized spacial score (nSPS) is 24.6. The van der Waals surface area contributed by atoms with Crippen LogP contribution in [0.25, 0.3) is 0 Å². The molecule has 0 aromatic heterocycles. The van der Waals surface area contributed by atoms with Crippen LogP contribution in [0.2, 0.25) is 0 Å². The highest BCUT2D eigenvalue weighted by atomic mass is 35.5. The molecule has 0 spiro atoms. The Balaban J connectivity index is 0.00000208. The largest absolute Gasteiger partial charge is 0.316 e. The number of nitrogens with zero attached hydrogens (tertiary/aromatic N) is 1. The minimum atomic E-state index is -3.59. The molecule has 2 saturated heterocycles. The van der Waals surface area contributed by atoms with Crippen LogP contribution in [0.5, 0.6) is 0 Å². The highest BCUT2D eigenvalue weighted by Gasteiger charge is 2.41. The summed E-state index contributed by atoms with van der Waals surface area (Å²) < 4.78 is 53.1. The summed E-state index contributed by atoms with van der Waals surface area (Å²) in [6.07, 6.45) is 0. The van der Waals surface area contributed by atoms with Crippen molar-refractivity contribution in [3.63, 3.8) is 0 Å². The first-order valence-corrected chi connectivity index (χ1v) is 10.4. The lowest BCUT2D eigenvalue weighted by Gasteiger charge is -2.18. The Morgan fingerprint density at radius 3 is 2.21 bits per heavy atom. The molecule has 0 radical (unpaired) electrons. The van der Waals surface area contributed by atoms with Crippen LogP contribution in [0.4, 0.5) is 0 Å². The van der Waals surface area contributed by atoms with Crippen molar-refractivity contribution in [2.24, 2.45) is 11.8 Å². The van der Waals surface area contributed by atoms with Gasteiger partial charge >= 0.3 is 0 Å². The number of aryl methyl sites for hydroxylation is 1. The van der Waals surface area contributed by atoms with Gasteiger partial charge in [-0.3, -0.25) is 0 Å². The molecule has 24 heavy (non-hydrogen) atoms. The molecule has 1 aromatic rings. The van der Waals surface area contributed by atoms with Crippen LogP contribution in [0.3, 0.4) is 0 Å². The number of hydrogen-bond acceptors (Lipinski definition) is 5. The van der Waals surface area contributed by atoms with Crippen molar-refractivity contribution < 1.29 is 16.8 Å². The van der Waals surface area contributed by atoms with E-state index in [4.69, 9.17) is 0 Å². The van der Waals surface area contributed by atoms with E-state index in [9.17, 15) is 16.8 Å². The van der Waals surface area contributed by atoms with Gasteiger partial charge < -0.3 is 5.32 Å². The number of rotatable bonds is 4. The van der Waals surface area contributed by atoms with Crippen molar-refractivity contribution in [2.75, 3.05) is 33.2 Å². The smallest absolute Gasteiger partial charge is 0.243 e. The first kappa shape index (κ1) is 19.6. The van der Waals surface area contributed by atoms with Crippen molar-refractivity contribution in [3.8, 4) is 0 Å². The summed E-state index contributed by atoms with van der Waals surface area (Å²) in [6.45, 7) is 4.36. The van der Waals surface area contributed by atoms with Gasteiger partial charge in [-0.1, -0.05) is 0 Å². The van der Waals surface area contributed by atoms with Gasteiger partial charge in [0.15, 0.2) is 0 Å². The van der Waals surface area contributed by atoms with Gasteiger partial charge in [-0.15, -0.1) is 12.4 Å². The van der Waals surface area contributed by atoms with Crippen LogP contribution in [-0.2, 0) is 20.0 Å². The predicted octanol–water partition coefficient (Wildman–Crippen LogP) is 0.165. The Morgan fingerprint density at radius 1 is 1.12 bits per heavy atom. The second kappa shape index (κ2) is 6.89. The molecule has 0 amide bonds. The standard InChI is InChI=1S/C14H21N3O4S2.ClH/c1-10-5-13(3-4-14(10)22(18,19)15-2)23(20,21)17-8-11-6-16-7-12(11)9-17;/h3-5,11-12,15-16H,6-9H2,1-2H3;1H/t11-,12+;. The van der Waals surface area contributed by atoms with Gasteiger partial charge in [0.05, 0.1) is 9.79 Å². The number of fused-ring (bicyclic) bond motifs is 1. The third-order valence-electron chi connectivity index (χ3n) is 4.70. The maximum Gasteiger partial charge on any atom is 0.243 e. The van der Waals surface area contributed by atoms with E-state index < -0.39 is 20.0 Å². The molecule has 0 aliphatic carbocycles. The minimum absolute atomic E-state index is 0. The van der Waals surface area contributed by atoms with E-state index >= 15 is 0 Å². The topological polar surface area (TPSA) is 95.6 Å². The second-order valence-corrected chi connectivity index (χ2v) is 9.93. The lowest BCUT2D eigenvalue weighted by molar-refractivity contribution is 0.448. The number of sulfonamides is 2.